The van der Waals surface area contributed by atoms with Crippen LogP contribution < -0.4 is 5.43 Å². The van der Waals surface area contributed by atoms with Crippen LogP contribution in [-0.2, 0) is 6.54 Å². The quantitative estimate of drug-likeness (QED) is 0.489. The molecule has 1 atom stereocenters. The number of aromatic amines is 1. The molecule has 2 heterocycles. The predicted octanol–water partition coefficient (Wildman–Crippen LogP) is 3.98. The van der Waals surface area contributed by atoms with Gasteiger partial charge in [0.1, 0.15) is 11.5 Å². The number of hydrogen-bond acceptors (Lipinski definition) is 4. The summed E-state index contributed by atoms with van der Waals surface area (Å²) in [6.45, 7) is 0.354. The Morgan fingerprint density at radius 3 is 2.52 bits per heavy atom. The summed E-state index contributed by atoms with van der Waals surface area (Å²) in [5, 5.41) is 16.3. The van der Waals surface area contributed by atoms with E-state index in [1.807, 2.05) is 0 Å². The van der Waals surface area contributed by atoms with Crippen molar-refractivity contribution < 1.29 is 18.3 Å². The van der Waals surface area contributed by atoms with E-state index >= 15 is 0 Å². The van der Waals surface area contributed by atoms with Crippen LogP contribution in [0, 0.1) is 17.5 Å². The van der Waals surface area contributed by atoms with Crippen molar-refractivity contribution in [2.45, 2.75) is 18.9 Å². The number of rotatable bonds is 6. The molecule has 1 unspecified atom stereocenters. The highest BCUT2D eigenvalue weighted by atomic mass is 19.2. The minimum atomic E-state index is -0.967. The van der Waals surface area contributed by atoms with Gasteiger partial charge in [0.2, 0.25) is 5.43 Å². The number of aromatic nitrogens is 4. The summed E-state index contributed by atoms with van der Waals surface area (Å²) >= 11 is 0. The standard InChI is InChI=1S/C22H17F3N4O2/c23-15-4-1-13(2-5-15)16(14-3-6-17(24)18(25)11-14)7-9-29-10-8-26-22(29)20-21(31)19(30)12-27-28-20/h1-6,8,10-12,16H,7,9H2,(H,27,31)(H,28,30). The van der Waals surface area contributed by atoms with Crippen LogP contribution in [0.25, 0.3) is 11.5 Å². The molecule has 2 aromatic heterocycles. The summed E-state index contributed by atoms with van der Waals surface area (Å²) < 4.78 is 42.4. The molecule has 0 spiro atoms. The molecule has 0 saturated heterocycles. The lowest BCUT2D eigenvalue weighted by Gasteiger charge is -2.19. The van der Waals surface area contributed by atoms with Gasteiger partial charge in [0.05, 0.1) is 6.20 Å². The third kappa shape index (κ3) is 4.20. The van der Waals surface area contributed by atoms with Crippen LogP contribution in [-0.4, -0.2) is 24.9 Å². The van der Waals surface area contributed by atoms with Crippen molar-refractivity contribution in [3.05, 3.63) is 99.9 Å². The summed E-state index contributed by atoms with van der Waals surface area (Å²) in [7, 11) is 0. The van der Waals surface area contributed by atoms with Crippen LogP contribution in [0.4, 0.5) is 13.2 Å². The van der Waals surface area contributed by atoms with Crippen LogP contribution in [0.5, 0.6) is 5.75 Å². The van der Waals surface area contributed by atoms with Crippen LogP contribution in [0.3, 0.4) is 0 Å². The number of nitrogens with one attached hydrogen (secondary N) is 1. The molecule has 0 fully saturated rings. The zero-order valence-electron chi connectivity index (χ0n) is 16.1. The second-order valence-electron chi connectivity index (χ2n) is 6.97. The molecular formula is C22H17F3N4O2. The predicted molar refractivity (Wildman–Crippen MR) is 107 cm³/mol. The summed E-state index contributed by atoms with van der Waals surface area (Å²) in [5.41, 5.74) is 0.689. The fourth-order valence-electron chi connectivity index (χ4n) is 3.48. The average Bonchev–Trinajstić information content (AvgIpc) is 3.22. The highest BCUT2D eigenvalue weighted by molar-refractivity contribution is 5.57. The van der Waals surface area contributed by atoms with E-state index in [0.29, 0.717) is 24.4 Å². The van der Waals surface area contributed by atoms with Gasteiger partial charge < -0.3 is 9.67 Å². The van der Waals surface area contributed by atoms with E-state index in [0.717, 1.165) is 23.9 Å². The molecule has 0 saturated carbocycles. The Morgan fingerprint density at radius 2 is 1.77 bits per heavy atom. The van der Waals surface area contributed by atoms with Crippen molar-refractivity contribution in [2.24, 2.45) is 0 Å². The number of benzene rings is 2. The number of hydrogen-bond donors (Lipinski definition) is 2. The Kier molecular flexibility index (Phi) is 5.57. The monoisotopic (exact) mass is 426 g/mol. The zero-order valence-corrected chi connectivity index (χ0v) is 16.1. The van der Waals surface area contributed by atoms with Crippen LogP contribution in [0.15, 0.2) is 65.8 Å². The summed E-state index contributed by atoms with van der Waals surface area (Å²) in [5.74, 6) is -2.89. The zero-order chi connectivity index (χ0) is 22.0. The van der Waals surface area contributed by atoms with Gasteiger partial charge in [-0.25, -0.2) is 18.2 Å². The molecule has 4 rings (SSSR count). The van der Waals surface area contributed by atoms with E-state index in [-0.39, 0.29) is 11.6 Å². The lowest BCUT2D eigenvalue weighted by atomic mass is 9.88. The van der Waals surface area contributed by atoms with Crippen molar-refractivity contribution >= 4 is 0 Å². The number of halogens is 3. The Labute approximate surface area is 174 Å². The first-order chi connectivity index (χ1) is 14.9. The number of aromatic hydroxyl groups is 1. The number of aryl methyl sites for hydroxylation is 1. The van der Waals surface area contributed by atoms with Gasteiger partial charge in [-0.15, -0.1) is 0 Å². The van der Waals surface area contributed by atoms with Crippen molar-refractivity contribution in [2.75, 3.05) is 0 Å². The van der Waals surface area contributed by atoms with E-state index < -0.39 is 28.6 Å². The van der Waals surface area contributed by atoms with Crippen molar-refractivity contribution in [3.8, 4) is 17.3 Å². The molecule has 6 nitrogen and oxygen atoms in total. The Bertz CT molecular complexity index is 1270. The molecule has 0 radical (unpaired) electrons. The van der Waals surface area contributed by atoms with E-state index in [1.165, 1.54) is 24.4 Å². The molecule has 0 amide bonds. The van der Waals surface area contributed by atoms with Gasteiger partial charge >= 0.3 is 0 Å². The minimum Gasteiger partial charge on any atom is -0.503 e. The maximum absolute atomic E-state index is 13.9. The maximum Gasteiger partial charge on any atom is 0.242 e. The molecule has 31 heavy (non-hydrogen) atoms. The molecule has 0 aliphatic heterocycles. The highest BCUT2D eigenvalue weighted by Crippen LogP contribution is 2.31. The third-order valence-electron chi connectivity index (χ3n) is 5.04. The maximum atomic E-state index is 13.9. The molecule has 2 N–H and O–H groups in total. The molecule has 0 bridgehead atoms. The molecule has 0 aliphatic carbocycles. The second-order valence-corrected chi connectivity index (χ2v) is 6.97. The highest BCUT2D eigenvalue weighted by Gasteiger charge is 2.19. The normalized spacial score (nSPS) is 12.1. The van der Waals surface area contributed by atoms with Gasteiger partial charge in [0.25, 0.3) is 0 Å². The number of H-pyrrole nitrogens is 1. The lowest BCUT2D eigenvalue weighted by molar-refractivity contribution is 0.466. The van der Waals surface area contributed by atoms with Gasteiger partial charge in [-0.1, -0.05) is 18.2 Å². The number of nitrogens with zero attached hydrogens (tertiary/aromatic N) is 3. The molecule has 158 valence electrons. The number of imidazole rings is 1. The van der Waals surface area contributed by atoms with E-state index in [9.17, 15) is 23.1 Å². The SMILES string of the molecule is O=c1cn[nH]c(-c2nccn2CCC(c2ccc(F)cc2)c2ccc(F)c(F)c2)c1O. The van der Waals surface area contributed by atoms with Crippen molar-refractivity contribution in [3.63, 3.8) is 0 Å². The van der Waals surface area contributed by atoms with E-state index in [2.05, 4.69) is 15.2 Å². The Balaban J connectivity index is 1.67. The van der Waals surface area contributed by atoms with Crippen molar-refractivity contribution in [1.29, 1.82) is 0 Å². The lowest BCUT2D eigenvalue weighted by Crippen LogP contribution is -2.10. The Morgan fingerprint density at radius 1 is 1.03 bits per heavy atom. The minimum absolute atomic E-state index is 0.0728. The van der Waals surface area contributed by atoms with Gasteiger partial charge in [0, 0.05) is 24.9 Å². The molecular weight excluding hydrogens is 409 g/mol. The summed E-state index contributed by atoms with van der Waals surface area (Å²) in [4.78, 5) is 15.9. The van der Waals surface area contributed by atoms with E-state index in [1.54, 1.807) is 22.9 Å². The molecule has 0 aliphatic rings. The largest absolute Gasteiger partial charge is 0.503 e. The first-order valence-electron chi connectivity index (χ1n) is 9.42. The third-order valence-corrected chi connectivity index (χ3v) is 5.04. The average molecular weight is 426 g/mol. The van der Waals surface area contributed by atoms with Gasteiger partial charge in [-0.2, -0.15) is 5.10 Å². The van der Waals surface area contributed by atoms with Crippen molar-refractivity contribution in [1.82, 2.24) is 19.7 Å². The molecule has 2 aromatic carbocycles. The first-order valence-corrected chi connectivity index (χ1v) is 9.42. The smallest absolute Gasteiger partial charge is 0.242 e. The van der Waals surface area contributed by atoms with Crippen LogP contribution in [0.2, 0.25) is 0 Å². The van der Waals surface area contributed by atoms with Crippen LogP contribution >= 0.6 is 0 Å². The van der Waals surface area contributed by atoms with Gasteiger partial charge in [0.15, 0.2) is 23.2 Å². The molecule has 9 heteroatoms. The fraction of sp³-hybridized carbons (Fsp3) is 0.136. The van der Waals surface area contributed by atoms with Gasteiger partial charge in [-0.3, -0.25) is 9.89 Å². The fourth-order valence-corrected chi connectivity index (χ4v) is 3.48. The summed E-state index contributed by atoms with van der Waals surface area (Å²) in [6, 6.07) is 9.49. The van der Waals surface area contributed by atoms with E-state index in [4.69, 9.17) is 0 Å². The Hall–Kier alpha value is -3.88. The second kappa shape index (κ2) is 8.47. The first kappa shape index (κ1) is 20.4. The topological polar surface area (TPSA) is 83.8 Å². The van der Waals surface area contributed by atoms with Crippen LogP contribution in [0.1, 0.15) is 23.5 Å². The molecule has 4 aromatic rings. The summed E-state index contributed by atoms with van der Waals surface area (Å²) in [6.07, 6.45) is 4.54. The van der Waals surface area contributed by atoms with Gasteiger partial charge in [-0.05, 0) is 41.8 Å².